The molecule has 3 rings (SSSR count). The minimum Gasteiger partial charge on any atom is -0.497 e. The number of rotatable bonds is 7. The first-order valence-corrected chi connectivity index (χ1v) is 13.6. The molecule has 1 aromatic carbocycles. The third-order valence-corrected chi connectivity index (χ3v) is 6.95. The molecule has 0 aliphatic carbocycles. The lowest BCUT2D eigenvalue weighted by Crippen LogP contribution is -2.71. The maximum atomic E-state index is 13.4. The van der Waals surface area contributed by atoms with E-state index >= 15 is 0 Å². The zero-order chi connectivity index (χ0) is 28.4. The van der Waals surface area contributed by atoms with E-state index in [1.807, 2.05) is 6.92 Å². The molecule has 2 aliphatic rings. The van der Waals surface area contributed by atoms with Gasteiger partial charge in [-0.2, -0.15) is 0 Å². The lowest BCUT2D eigenvalue weighted by atomic mass is 10.0. The van der Waals surface area contributed by atoms with Gasteiger partial charge in [0, 0.05) is 5.25 Å². The molecule has 14 heteroatoms. The Labute approximate surface area is 239 Å². The van der Waals surface area contributed by atoms with E-state index < -0.39 is 57.3 Å². The van der Waals surface area contributed by atoms with Crippen molar-refractivity contribution in [3.8, 4) is 5.75 Å². The summed E-state index contributed by atoms with van der Waals surface area (Å²) in [6.45, 7) is 6.42. The minimum absolute atomic E-state index is 0.00424. The number of methoxy groups -OCH3 is 1. The van der Waals surface area contributed by atoms with E-state index in [1.54, 1.807) is 51.1 Å². The van der Waals surface area contributed by atoms with Crippen molar-refractivity contribution in [2.24, 2.45) is 0 Å². The van der Waals surface area contributed by atoms with E-state index in [9.17, 15) is 19.2 Å². The Morgan fingerprint density at radius 3 is 2.32 bits per heavy atom. The van der Waals surface area contributed by atoms with Gasteiger partial charge in [-0.3, -0.25) is 14.5 Å². The number of carbonyl (C=O) groups is 4. The SMILES string of the molecule is COc1ccc(C(NC(=O)OC(C)(C)C)C(=O)NC2C(=O)N3C(C(=O)OCC(Cl)(Cl)Cl)=CC(C)S[C@@H]23)cc1. The number of hydrogen-bond donors (Lipinski definition) is 2. The van der Waals surface area contributed by atoms with Crippen LogP contribution in [0.15, 0.2) is 36.0 Å². The average Bonchev–Trinajstić information content (AvgIpc) is 2.82. The van der Waals surface area contributed by atoms with Crippen molar-refractivity contribution in [2.75, 3.05) is 13.7 Å². The fraction of sp³-hybridized carbons (Fsp3) is 0.500. The van der Waals surface area contributed by atoms with Crippen molar-refractivity contribution in [1.29, 1.82) is 0 Å². The number of benzene rings is 1. The molecule has 0 aromatic heterocycles. The number of alkyl carbamates (subject to hydrolysis) is 1. The number of ether oxygens (including phenoxy) is 3. The van der Waals surface area contributed by atoms with Crippen LogP contribution in [0.2, 0.25) is 0 Å². The Hall–Kier alpha value is -2.34. The third-order valence-electron chi connectivity index (χ3n) is 5.30. The summed E-state index contributed by atoms with van der Waals surface area (Å²) in [5.74, 6) is -1.43. The standard InChI is InChI=1S/C24H28Cl3N3O7S/c1-12-10-15(21(33)36-11-24(25,26)27)30-19(32)17(20(30)38-12)28-18(31)16(29-22(34)37-23(2,3)4)13-6-8-14(35-5)9-7-13/h6-10,12,16-17,20H,11H2,1-5H3,(H,28,31)(H,29,34)/t12?,16?,17?,20-/m0/s1. The lowest BCUT2D eigenvalue weighted by molar-refractivity contribution is -0.153. The number of nitrogens with one attached hydrogen (secondary N) is 2. The van der Waals surface area contributed by atoms with Crippen LogP contribution in [-0.4, -0.2) is 68.6 Å². The number of thioether (sulfide) groups is 1. The number of nitrogens with zero attached hydrogens (tertiary/aromatic N) is 1. The molecular formula is C24H28Cl3N3O7S. The Morgan fingerprint density at radius 2 is 1.76 bits per heavy atom. The van der Waals surface area contributed by atoms with Crippen LogP contribution < -0.4 is 15.4 Å². The van der Waals surface area contributed by atoms with Gasteiger partial charge in [0.2, 0.25) is 9.70 Å². The van der Waals surface area contributed by atoms with Gasteiger partial charge in [0.15, 0.2) is 0 Å². The van der Waals surface area contributed by atoms with Crippen LogP contribution in [0.25, 0.3) is 0 Å². The molecule has 1 fully saturated rings. The third kappa shape index (κ3) is 7.62. The van der Waals surface area contributed by atoms with Crippen LogP contribution >= 0.6 is 46.6 Å². The fourth-order valence-electron chi connectivity index (χ4n) is 3.70. The Bertz CT molecular complexity index is 1120. The number of β-lactam (4-membered cyclic amide) rings is 1. The summed E-state index contributed by atoms with van der Waals surface area (Å²) in [6.07, 6.45) is 0.764. The summed E-state index contributed by atoms with van der Waals surface area (Å²) in [5.41, 5.74) is -0.347. The zero-order valence-electron chi connectivity index (χ0n) is 21.3. The predicted molar refractivity (Wildman–Crippen MR) is 144 cm³/mol. The number of alkyl halides is 3. The predicted octanol–water partition coefficient (Wildman–Crippen LogP) is 3.85. The Morgan fingerprint density at radius 1 is 1.13 bits per heavy atom. The van der Waals surface area contributed by atoms with Crippen molar-refractivity contribution < 1.29 is 33.4 Å². The molecule has 10 nitrogen and oxygen atoms in total. The molecule has 208 valence electrons. The molecule has 2 heterocycles. The maximum Gasteiger partial charge on any atom is 0.408 e. The van der Waals surface area contributed by atoms with Crippen LogP contribution in [0.1, 0.15) is 39.3 Å². The first kappa shape index (κ1) is 30.2. The van der Waals surface area contributed by atoms with Crippen molar-refractivity contribution in [2.45, 2.75) is 59.8 Å². The van der Waals surface area contributed by atoms with Crippen molar-refractivity contribution >= 4 is 70.4 Å². The Balaban J connectivity index is 1.77. The second-order valence-corrected chi connectivity index (χ2v) is 13.5. The van der Waals surface area contributed by atoms with Gasteiger partial charge in [0.05, 0.1) is 7.11 Å². The normalized spacial score (nSPS) is 21.8. The summed E-state index contributed by atoms with van der Waals surface area (Å²) >= 11 is 18.3. The molecule has 0 saturated carbocycles. The molecular weight excluding hydrogens is 581 g/mol. The van der Waals surface area contributed by atoms with Crippen molar-refractivity contribution in [3.63, 3.8) is 0 Å². The van der Waals surface area contributed by atoms with Crippen molar-refractivity contribution in [3.05, 3.63) is 41.6 Å². The van der Waals surface area contributed by atoms with Gasteiger partial charge in [-0.15, -0.1) is 11.8 Å². The van der Waals surface area contributed by atoms with E-state index in [1.165, 1.54) is 23.8 Å². The summed E-state index contributed by atoms with van der Waals surface area (Å²) in [7, 11) is 1.50. The van der Waals surface area contributed by atoms with E-state index in [-0.39, 0.29) is 10.9 Å². The molecule has 1 saturated heterocycles. The molecule has 4 atom stereocenters. The monoisotopic (exact) mass is 607 g/mol. The molecule has 0 radical (unpaired) electrons. The van der Waals surface area contributed by atoms with Gasteiger partial charge in [0.25, 0.3) is 5.91 Å². The number of hydrogen-bond acceptors (Lipinski definition) is 8. The maximum absolute atomic E-state index is 13.4. The van der Waals surface area contributed by atoms with Crippen LogP contribution in [0.3, 0.4) is 0 Å². The van der Waals surface area contributed by atoms with Crippen LogP contribution in [0.5, 0.6) is 5.75 Å². The quantitative estimate of drug-likeness (QED) is 0.272. The molecule has 0 bridgehead atoms. The Kier molecular flexibility index (Phi) is 9.39. The second-order valence-electron chi connectivity index (χ2n) is 9.52. The first-order chi connectivity index (χ1) is 17.6. The van der Waals surface area contributed by atoms with Gasteiger partial charge in [-0.25, -0.2) is 9.59 Å². The zero-order valence-corrected chi connectivity index (χ0v) is 24.3. The van der Waals surface area contributed by atoms with Gasteiger partial charge >= 0.3 is 12.1 Å². The minimum atomic E-state index is -1.81. The largest absolute Gasteiger partial charge is 0.497 e. The number of amides is 3. The summed E-state index contributed by atoms with van der Waals surface area (Å²) < 4.78 is 13.7. The highest BCUT2D eigenvalue weighted by molar-refractivity contribution is 8.00. The van der Waals surface area contributed by atoms with Gasteiger partial charge in [0.1, 0.15) is 41.1 Å². The molecule has 1 aromatic rings. The average molecular weight is 609 g/mol. The molecule has 38 heavy (non-hydrogen) atoms. The molecule has 2 aliphatic heterocycles. The van der Waals surface area contributed by atoms with E-state index in [4.69, 9.17) is 49.0 Å². The van der Waals surface area contributed by atoms with E-state index in [2.05, 4.69) is 10.6 Å². The molecule has 2 N–H and O–H groups in total. The number of fused-ring (bicyclic) bond motifs is 1. The van der Waals surface area contributed by atoms with Crippen LogP contribution in [-0.2, 0) is 23.9 Å². The highest BCUT2D eigenvalue weighted by Crippen LogP contribution is 2.41. The smallest absolute Gasteiger partial charge is 0.408 e. The first-order valence-electron chi connectivity index (χ1n) is 11.5. The summed E-state index contributed by atoms with van der Waals surface area (Å²) in [4.78, 5) is 52.8. The van der Waals surface area contributed by atoms with E-state index in [0.717, 1.165) is 0 Å². The van der Waals surface area contributed by atoms with E-state index in [0.29, 0.717) is 11.3 Å². The molecule has 0 spiro atoms. The van der Waals surface area contributed by atoms with Crippen LogP contribution in [0.4, 0.5) is 4.79 Å². The number of carbonyl (C=O) groups excluding carboxylic acids is 4. The van der Waals surface area contributed by atoms with Crippen molar-refractivity contribution in [1.82, 2.24) is 15.5 Å². The second kappa shape index (κ2) is 11.8. The highest BCUT2D eigenvalue weighted by atomic mass is 35.6. The fourth-order valence-corrected chi connectivity index (χ4v) is 5.19. The van der Waals surface area contributed by atoms with Gasteiger partial charge in [-0.1, -0.05) is 46.9 Å². The number of esters is 1. The summed E-state index contributed by atoms with van der Waals surface area (Å²) in [6, 6.07) is 4.39. The summed E-state index contributed by atoms with van der Waals surface area (Å²) in [5, 5.41) is 4.50. The molecule has 3 unspecified atom stereocenters. The number of halogens is 3. The highest BCUT2D eigenvalue weighted by Gasteiger charge is 2.54. The topological polar surface area (TPSA) is 123 Å². The van der Waals surface area contributed by atoms with Gasteiger partial charge < -0.3 is 24.8 Å². The van der Waals surface area contributed by atoms with Crippen LogP contribution in [0, 0.1) is 0 Å². The van der Waals surface area contributed by atoms with Gasteiger partial charge in [-0.05, 0) is 51.5 Å². The lowest BCUT2D eigenvalue weighted by Gasteiger charge is -2.50. The molecule has 3 amide bonds.